The molecule has 126 valence electrons. The monoisotopic (exact) mass is 332 g/mol. The third-order valence-corrected chi connectivity index (χ3v) is 3.05. The van der Waals surface area contributed by atoms with E-state index in [4.69, 9.17) is 14.3 Å². The number of halogens is 1. The first-order valence-corrected chi connectivity index (χ1v) is 7.05. The highest BCUT2D eigenvalue weighted by atomic mass is 19.1. The van der Waals surface area contributed by atoms with E-state index in [-0.39, 0.29) is 12.2 Å². The zero-order chi connectivity index (χ0) is 17.4. The lowest BCUT2D eigenvalue weighted by atomic mass is 10.2. The molecule has 2 aromatic rings. The van der Waals surface area contributed by atoms with Crippen molar-refractivity contribution in [2.45, 2.75) is 0 Å². The summed E-state index contributed by atoms with van der Waals surface area (Å²) in [7, 11) is 3.01. The molecule has 2 aromatic carbocycles. The molecule has 0 aliphatic heterocycles. The van der Waals surface area contributed by atoms with Crippen LogP contribution in [0.2, 0.25) is 0 Å². The number of hydrogen-bond donors (Lipinski definition) is 1. The van der Waals surface area contributed by atoms with Crippen LogP contribution >= 0.6 is 0 Å². The molecule has 0 saturated heterocycles. The molecule has 0 saturated carbocycles. The lowest BCUT2D eigenvalue weighted by Gasteiger charge is -2.11. The van der Waals surface area contributed by atoms with Crippen LogP contribution in [-0.4, -0.2) is 32.9 Å². The number of oxime groups is 1. The maximum atomic E-state index is 13.4. The van der Waals surface area contributed by atoms with Gasteiger partial charge in [0.25, 0.3) is 5.91 Å². The highest BCUT2D eigenvalue weighted by molar-refractivity contribution is 5.93. The molecule has 0 aromatic heterocycles. The van der Waals surface area contributed by atoms with Crippen molar-refractivity contribution in [1.82, 2.24) is 0 Å². The minimum Gasteiger partial charge on any atom is -0.497 e. The van der Waals surface area contributed by atoms with E-state index in [0.29, 0.717) is 17.2 Å². The van der Waals surface area contributed by atoms with E-state index in [1.807, 2.05) is 0 Å². The normalized spacial score (nSPS) is 10.5. The van der Waals surface area contributed by atoms with Gasteiger partial charge in [0.1, 0.15) is 17.3 Å². The number of rotatable bonds is 7. The molecule has 0 unspecified atom stereocenters. The summed E-state index contributed by atoms with van der Waals surface area (Å²) in [4.78, 5) is 16.8. The molecule has 0 radical (unpaired) electrons. The predicted molar refractivity (Wildman–Crippen MR) is 88.1 cm³/mol. The number of methoxy groups -OCH3 is 2. The SMILES string of the molecule is COc1ccc(OC)c(NC(=O)CO/N=C\c2ccccc2F)c1. The van der Waals surface area contributed by atoms with Gasteiger partial charge in [-0.3, -0.25) is 4.79 Å². The molecule has 0 heterocycles. The molecule has 0 aliphatic carbocycles. The van der Waals surface area contributed by atoms with Crippen molar-refractivity contribution in [3.8, 4) is 11.5 Å². The summed E-state index contributed by atoms with van der Waals surface area (Å²) in [6, 6.07) is 11.1. The quantitative estimate of drug-likeness (QED) is 0.625. The van der Waals surface area contributed by atoms with Gasteiger partial charge in [0.2, 0.25) is 0 Å². The Morgan fingerprint density at radius 1 is 1.21 bits per heavy atom. The van der Waals surface area contributed by atoms with Gasteiger partial charge in [-0.2, -0.15) is 0 Å². The van der Waals surface area contributed by atoms with Crippen molar-refractivity contribution in [2.24, 2.45) is 5.16 Å². The molecule has 6 nitrogen and oxygen atoms in total. The number of nitrogens with one attached hydrogen (secondary N) is 1. The summed E-state index contributed by atoms with van der Waals surface area (Å²) in [5.74, 6) is 0.200. The van der Waals surface area contributed by atoms with Gasteiger partial charge in [-0.15, -0.1) is 0 Å². The minimum absolute atomic E-state index is 0.271. The third-order valence-electron chi connectivity index (χ3n) is 3.05. The second-order valence-electron chi connectivity index (χ2n) is 4.64. The Morgan fingerprint density at radius 2 is 2.00 bits per heavy atom. The average Bonchev–Trinajstić information content (AvgIpc) is 2.60. The van der Waals surface area contributed by atoms with Crippen LogP contribution in [0.1, 0.15) is 5.56 Å². The summed E-state index contributed by atoms with van der Waals surface area (Å²) < 4.78 is 23.6. The Bertz CT molecular complexity index is 734. The molecule has 0 fully saturated rings. The van der Waals surface area contributed by atoms with Crippen LogP contribution in [0.5, 0.6) is 11.5 Å². The molecule has 24 heavy (non-hydrogen) atoms. The smallest absolute Gasteiger partial charge is 0.265 e. The van der Waals surface area contributed by atoms with Crippen molar-refractivity contribution in [1.29, 1.82) is 0 Å². The number of nitrogens with zero attached hydrogens (tertiary/aromatic N) is 1. The van der Waals surface area contributed by atoms with Crippen molar-refractivity contribution in [3.05, 3.63) is 53.8 Å². The van der Waals surface area contributed by atoms with E-state index in [9.17, 15) is 9.18 Å². The molecule has 0 spiro atoms. The Labute approximate surface area is 138 Å². The van der Waals surface area contributed by atoms with Crippen LogP contribution in [0.15, 0.2) is 47.6 Å². The van der Waals surface area contributed by atoms with Crippen LogP contribution in [-0.2, 0) is 9.63 Å². The van der Waals surface area contributed by atoms with Gasteiger partial charge < -0.3 is 19.6 Å². The lowest BCUT2D eigenvalue weighted by Crippen LogP contribution is -2.17. The zero-order valence-corrected chi connectivity index (χ0v) is 13.3. The molecule has 1 N–H and O–H groups in total. The Kier molecular flexibility index (Phi) is 6.13. The van der Waals surface area contributed by atoms with Crippen LogP contribution in [0.4, 0.5) is 10.1 Å². The largest absolute Gasteiger partial charge is 0.497 e. The van der Waals surface area contributed by atoms with Gasteiger partial charge in [0.05, 0.1) is 26.1 Å². The van der Waals surface area contributed by atoms with Crippen molar-refractivity contribution in [3.63, 3.8) is 0 Å². The van der Waals surface area contributed by atoms with Crippen LogP contribution in [0.3, 0.4) is 0 Å². The van der Waals surface area contributed by atoms with E-state index in [1.165, 1.54) is 26.5 Å². The van der Waals surface area contributed by atoms with Gasteiger partial charge in [-0.1, -0.05) is 23.4 Å². The summed E-state index contributed by atoms with van der Waals surface area (Å²) in [6.45, 7) is -0.328. The fourth-order valence-electron chi connectivity index (χ4n) is 1.87. The average molecular weight is 332 g/mol. The molecule has 1 amide bonds. The Balaban J connectivity index is 1.91. The highest BCUT2D eigenvalue weighted by Gasteiger charge is 2.09. The number of hydrogen-bond acceptors (Lipinski definition) is 5. The number of carbonyl (C=O) groups is 1. The second kappa shape index (κ2) is 8.52. The van der Waals surface area contributed by atoms with Gasteiger partial charge in [0.15, 0.2) is 6.61 Å². The summed E-state index contributed by atoms with van der Waals surface area (Å²) >= 11 is 0. The fourth-order valence-corrected chi connectivity index (χ4v) is 1.87. The third kappa shape index (κ3) is 4.70. The first-order valence-electron chi connectivity index (χ1n) is 7.05. The highest BCUT2D eigenvalue weighted by Crippen LogP contribution is 2.28. The molecular formula is C17H17FN2O4. The van der Waals surface area contributed by atoms with Gasteiger partial charge >= 0.3 is 0 Å². The van der Waals surface area contributed by atoms with E-state index < -0.39 is 11.7 Å². The first-order chi connectivity index (χ1) is 11.6. The molecule has 0 aliphatic rings. The maximum Gasteiger partial charge on any atom is 0.265 e. The Morgan fingerprint density at radius 3 is 2.71 bits per heavy atom. The maximum absolute atomic E-state index is 13.4. The number of amides is 1. The zero-order valence-electron chi connectivity index (χ0n) is 13.3. The van der Waals surface area contributed by atoms with E-state index in [0.717, 1.165) is 0 Å². The molecular weight excluding hydrogens is 315 g/mol. The van der Waals surface area contributed by atoms with Crippen LogP contribution < -0.4 is 14.8 Å². The summed E-state index contributed by atoms with van der Waals surface area (Å²) in [5.41, 5.74) is 0.718. The topological polar surface area (TPSA) is 69.2 Å². The van der Waals surface area contributed by atoms with Gasteiger partial charge in [-0.25, -0.2) is 4.39 Å². The number of ether oxygens (including phenoxy) is 2. The molecule has 0 bridgehead atoms. The van der Waals surface area contributed by atoms with Crippen LogP contribution in [0, 0.1) is 5.82 Å². The van der Waals surface area contributed by atoms with Crippen LogP contribution in [0.25, 0.3) is 0 Å². The molecule has 2 rings (SSSR count). The summed E-state index contributed by atoms with van der Waals surface area (Å²) in [5, 5.41) is 6.21. The van der Waals surface area contributed by atoms with Crippen molar-refractivity contribution >= 4 is 17.8 Å². The minimum atomic E-state index is -0.438. The number of anilines is 1. The van der Waals surface area contributed by atoms with E-state index >= 15 is 0 Å². The van der Waals surface area contributed by atoms with Gasteiger partial charge in [-0.05, 0) is 18.2 Å². The second-order valence-corrected chi connectivity index (χ2v) is 4.64. The molecule has 0 atom stereocenters. The first kappa shape index (κ1) is 17.3. The standard InChI is InChI=1S/C17H17FN2O4/c1-22-13-7-8-16(23-2)15(9-13)20-17(21)11-24-19-10-12-5-3-4-6-14(12)18/h3-10H,11H2,1-2H3,(H,20,21)/b19-10-. The van der Waals surface area contributed by atoms with E-state index in [2.05, 4.69) is 10.5 Å². The van der Waals surface area contributed by atoms with Gasteiger partial charge in [0, 0.05) is 11.6 Å². The summed E-state index contributed by atoms with van der Waals surface area (Å²) in [6.07, 6.45) is 1.20. The van der Waals surface area contributed by atoms with E-state index in [1.54, 1.807) is 36.4 Å². The fraction of sp³-hybridized carbons (Fsp3) is 0.176. The number of carbonyl (C=O) groups excluding carboxylic acids is 1. The number of benzene rings is 2. The predicted octanol–water partition coefficient (Wildman–Crippen LogP) is 2.83. The van der Waals surface area contributed by atoms with Crippen molar-refractivity contribution < 1.29 is 23.5 Å². The Hall–Kier alpha value is -3.09. The molecule has 7 heteroatoms. The lowest BCUT2D eigenvalue weighted by molar-refractivity contribution is -0.120. The van der Waals surface area contributed by atoms with Crippen molar-refractivity contribution in [2.75, 3.05) is 26.1 Å².